The molecule has 0 bridgehead atoms. The molecule has 7 nitrogen and oxygen atoms in total. The molecule has 2 aliphatic rings. The van der Waals surface area contributed by atoms with E-state index in [1.54, 1.807) is 16.0 Å². The first-order valence-corrected chi connectivity index (χ1v) is 10.9. The summed E-state index contributed by atoms with van der Waals surface area (Å²) in [4.78, 5) is 38.6. The normalized spacial score (nSPS) is 17.9. The number of aryl methyl sites for hydroxylation is 1. The molecule has 154 valence electrons. The number of benzene rings is 1. The zero-order valence-electron chi connectivity index (χ0n) is 16.7. The Morgan fingerprint density at radius 3 is 2.53 bits per heavy atom. The van der Waals surface area contributed by atoms with Gasteiger partial charge in [-0.15, -0.1) is 11.3 Å². The molecule has 1 aliphatic carbocycles. The van der Waals surface area contributed by atoms with Crippen LogP contribution in [-0.4, -0.2) is 68.5 Å². The minimum Gasteiger partial charge on any atom is -0.380 e. The molecular formula is C22H22N4O3S. The smallest absolute Gasteiger partial charge is 0.265 e. The molecule has 0 spiro atoms. The highest BCUT2D eigenvalue weighted by molar-refractivity contribution is 7.17. The molecular weight excluding hydrogens is 400 g/mol. The van der Waals surface area contributed by atoms with Crippen molar-refractivity contribution in [3.05, 3.63) is 47.1 Å². The van der Waals surface area contributed by atoms with Gasteiger partial charge in [0.15, 0.2) is 0 Å². The Morgan fingerprint density at radius 2 is 1.80 bits per heavy atom. The first-order valence-electron chi connectivity index (χ1n) is 10.1. The number of nitrogens with zero attached hydrogens (tertiary/aromatic N) is 4. The molecule has 2 amide bonds. The lowest BCUT2D eigenvalue weighted by molar-refractivity contribution is -0.143. The third-order valence-corrected chi connectivity index (χ3v) is 7.00. The second kappa shape index (κ2) is 7.14. The van der Waals surface area contributed by atoms with Gasteiger partial charge in [0.05, 0.1) is 11.2 Å². The van der Waals surface area contributed by atoms with Crippen LogP contribution < -0.4 is 0 Å². The molecule has 5 rings (SSSR count). The molecule has 1 N–H and O–H groups in total. The van der Waals surface area contributed by atoms with Crippen molar-refractivity contribution in [2.75, 3.05) is 26.2 Å². The number of pyridine rings is 1. The zero-order valence-corrected chi connectivity index (χ0v) is 17.5. The maximum absolute atomic E-state index is 13.1. The van der Waals surface area contributed by atoms with Gasteiger partial charge in [0, 0.05) is 43.3 Å². The van der Waals surface area contributed by atoms with Crippen LogP contribution >= 0.6 is 11.3 Å². The van der Waals surface area contributed by atoms with Crippen LogP contribution in [0.5, 0.6) is 0 Å². The van der Waals surface area contributed by atoms with Crippen LogP contribution in [-0.2, 0) is 4.79 Å². The zero-order chi connectivity index (χ0) is 20.9. The first kappa shape index (κ1) is 19.1. The second-order valence-corrected chi connectivity index (χ2v) is 8.97. The van der Waals surface area contributed by atoms with Gasteiger partial charge in [-0.1, -0.05) is 18.2 Å². The van der Waals surface area contributed by atoms with Crippen molar-refractivity contribution in [1.82, 2.24) is 19.8 Å². The molecule has 1 aromatic carbocycles. The predicted molar refractivity (Wildman–Crippen MR) is 114 cm³/mol. The molecule has 0 atom stereocenters. The van der Waals surface area contributed by atoms with Gasteiger partial charge in [0.1, 0.15) is 15.5 Å². The van der Waals surface area contributed by atoms with Crippen molar-refractivity contribution in [3.63, 3.8) is 0 Å². The minimum absolute atomic E-state index is 0.0535. The summed E-state index contributed by atoms with van der Waals surface area (Å²) < 4.78 is 0. The molecule has 1 aliphatic heterocycles. The fourth-order valence-electron chi connectivity index (χ4n) is 3.79. The van der Waals surface area contributed by atoms with Gasteiger partial charge in [-0.25, -0.2) is 4.98 Å². The number of hydrogen-bond donors (Lipinski definition) is 1. The fraction of sp³-hybridized carbons (Fsp3) is 0.364. The number of piperazine rings is 1. The highest BCUT2D eigenvalue weighted by Crippen LogP contribution is 2.37. The number of amides is 2. The molecule has 1 saturated carbocycles. The van der Waals surface area contributed by atoms with Crippen molar-refractivity contribution in [1.29, 1.82) is 0 Å². The molecule has 2 fully saturated rings. The van der Waals surface area contributed by atoms with Crippen LogP contribution in [0.2, 0.25) is 0 Å². The number of aliphatic hydroxyl groups is 1. The van der Waals surface area contributed by atoms with Gasteiger partial charge in [-0.3, -0.25) is 14.6 Å². The second-order valence-electron chi connectivity index (χ2n) is 7.97. The SMILES string of the molecule is Cc1nc(-c2cnc3ccccc3c2)sc1C(=O)N1CCN(C(=O)C2(O)CC2)CC1. The summed E-state index contributed by atoms with van der Waals surface area (Å²) >= 11 is 1.38. The van der Waals surface area contributed by atoms with E-state index in [9.17, 15) is 14.7 Å². The molecule has 1 saturated heterocycles. The van der Waals surface area contributed by atoms with E-state index in [1.807, 2.05) is 37.3 Å². The lowest BCUT2D eigenvalue weighted by atomic mass is 10.2. The van der Waals surface area contributed by atoms with E-state index in [2.05, 4.69) is 9.97 Å². The summed E-state index contributed by atoms with van der Waals surface area (Å²) in [5.41, 5.74) is 1.38. The first-order chi connectivity index (χ1) is 14.4. The summed E-state index contributed by atoms with van der Waals surface area (Å²) in [6.45, 7) is 3.68. The Hall–Kier alpha value is -2.84. The topological polar surface area (TPSA) is 86.6 Å². The molecule has 2 aromatic heterocycles. The quantitative estimate of drug-likeness (QED) is 0.701. The summed E-state index contributed by atoms with van der Waals surface area (Å²) in [7, 11) is 0. The summed E-state index contributed by atoms with van der Waals surface area (Å²) in [6, 6.07) is 9.95. The highest BCUT2D eigenvalue weighted by Gasteiger charge is 2.50. The van der Waals surface area contributed by atoms with Crippen LogP contribution in [0.25, 0.3) is 21.5 Å². The Labute approximate surface area is 178 Å². The van der Waals surface area contributed by atoms with E-state index in [-0.39, 0.29) is 11.8 Å². The monoisotopic (exact) mass is 422 g/mol. The maximum atomic E-state index is 13.1. The molecule has 0 radical (unpaired) electrons. The number of para-hydroxylation sites is 1. The van der Waals surface area contributed by atoms with Crippen molar-refractivity contribution >= 4 is 34.1 Å². The Kier molecular flexibility index (Phi) is 4.56. The molecule has 3 aromatic rings. The standard InChI is InChI=1S/C22H22N4O3S/c1-14-18(20(27)25-8-10-26(11-9-25)21(28)22(29)6-7-22)30-19(24-14)16-12-15-4-2-3-5-17(15)23-13-16/h2-5,12-13,29H,6-11H2,1H3. The van der Waals surface area contributed by atoms with Crippen LogP contribution in [0.1, 0.15) is 28.2 Å². The number of carbonyl (C=O) groups is 2. The predicted octanol–water partition coefficient (Wildman–Crippen LogP) is 2.48. The molecule has 8 heteroatoms. The van der Waals surface area contributed by atoms with Crippen LogP contribution in [0.3, 0.4) is 0 Å². The van der Waals surface area contributed by atoms with Crippen LogP contribution in [0.15, 0.2) is 36.5 Å². The Morgan fingerprint density at radius 1 is 1.10 bits per heavy atom. The van der Waals surface area contributed by atoms with Gasteiger partial charge < -0.3 is 14.9 Å². The largest absolute Gasteiger partial charge is 0.380 e. The van der Waals surface area contributed by atoms with Gasteiger partial charge >= 0.3 is 0 Å². The Balaban J connectivity index is 1.32. The van der Waals surface area contributed by atoms with E-state index in [4.69, 9.17) is 0 Å². The number of thiazole rings is 1. The van der Waals surface area contributed by atoms with Gasteiger partial charge in [0.2, 0.25) is 0 Å². The minimum atomic E-state index is -1.15. The van der Waals surface area contributed by atoms with E-state index < -0.39 is 5.60 Å². The number of aromatic nitrogens is 2. The number of hydrogen-bond acceptors (Lipinski definition) is 6. The third-order valence-electron chi connectivity index (χ3n) is 5.80. The number of rotatable bonds is 3. The number of carbonyl (C=O) groups excluding carboxylic acids is 2. The summed E-state index contributed by atoms with van der Waals surface area (Å²) in [5.74, 6) is -0.253. The fourth-order valence-corrected chi connectivity index (χ4v) is 4.80. The van der Waals surface area contributed by atoms with E-state index in [1.165, 1.54) is 11.3 Å². The summed E-state index contributed by atoms with van der Waals surface area (Å²) in [5, 5.41) is 11.8. The van der Waals surface area contributed by atoms with Gasteiger partial charge in [-0.05, 0) is 31.9 Å². The van der Waals surface area contributed by atoms with Crippen molar-refractivity contribution in [3.8, 4) is 10.6 Å². The highest BCUT2D eigenvalue weighted by atomic mass is 32.1. The average Bonchev–Trinajstić information content (AvgIpc) is 3.41. The van der Waals surface area contributed by atoms with Gasteiger partial charge in [-0.2, -0.15) is 0 Å². The lowest BCUT2D eigenvalue weighted by Gasteiger charge is -2.35. The maximum Gasteiger partial charge on any atom is 0.265 e. The third kappa shape index (κ3) is 3.36. The van der Waals surface area contributed by atoms with E-state index in [0.717, 1.165) is 21.5 Å². The summed E-state index contributed by atoms with van der Waals surface area (Å²) in [6.07, 6.45) is 2.87. The van der Waals surface area contributed by atoms with Crippen molar-refractivity contribution in [2.45, 2.75) is 25.4 Å². The van der Waals surface area contributed by atoms with Crippen molar-refractivity contribution < 1.29 is 14.7 Å². The molecule has 3 heterocycles. The number of fused-ring (bicyclic) bond motifs is 1. The molecule has 30 heavy (non-hydrogen) atoms. The van der Waals surface area contributed by atoms with E-state index >= 15 is 0 Å². The van der Waals surface area contributed by atoms with Gasteiger partial charge in [0.25, 0.3) is 11.8 Å². The van der Waals surface area contributed by atoms with Crippen molar-refractivity contribution in [2.24, 2.45) is 0 Å². The van der Waals surface area contributed by atoms with Crippen LogP contribution in [0.4, 0.5) is 0 Å². The van der Waals surface area contributed by atoms with Crippen LogP contribution in [0, 0.1) is 6.92 Å². The lowest BCUT2D eigenvalue weighted by Crippen LogP contribution is -2.53. The van der Waals surface area contributed by atoms with E-state index in [0.29, 0.717) is 49.6 Å². The molecule has 0 unspecified atom stereocenters. The Bertz CT molecular complexity index is 1150. The average molecular weight is 423 g/mol.